The molecule has 2 aromatic carbocycles. The van der Waals surface area contributed by atoms with Crippen LogP contribution in [0.5, 0.6) is 0 Å². The van der Waals surface area contributed by atoms with E-state index in [1.807, 2.05) is 7.05 Å². The highest BCUT2D eigenvalue weighted by molar-refractivity contribution is 5.56. The fourth-order valence-electron chi connectivity index (χ4n) is 2.89. The van der Waals surface area contributed by atoms with Crippen molar-refractivity contribution in [3.8, 4) is 0 Å². The zero-order valence-electron chi connectivity index (χ0n) is 12.8. The van der Waals surface area contributed by atoms with Gasteiger partial charge in [0.15, 0.2) is 0 Å². The van der Waals surface area contributed by atoms with Crippen molar-refractivity contribution in [1.82, 2.24) is 0 Å². The predicted octanol–water partition coefficient (Wildman–Crippen LogP) is 3.36. The predicted molar refractivity (Wildman–Crippen MR) is 91.6 cm³/mol. The van der Waals surface area contributed by atoms with Gasteiger partial charge < -0.3 is 15.1 Å². The Balaban J connectivity index is 1.64. The lowest BCUT2D eigenvalue weighted by Crippen LogP contribution is -2.46. The van der Waals surface area contributed by atoms with Crippen LogP contribution in [0.1, 0.15) is 5.56 Å². The van der Waals surface area contributed by atoms with Crippen LogP contribution in [-0.4, -0.2) is 33.2 Å². The molecular formula is C18H23N3. The molecule has 110 valence electrons. The number of hydrogen-bond acceptors (Lipinski definition) is 3. The minimum absolute atomic E-state index is 1.08. The van der Waals surface area contributed by atoms with Crippen LogP contribution in [0.25, 0.3) is 0 Å². The van der Waals surface area contributed by atoms with E-state index in [2.05, 4.69) is 70.6 Å². The van der Waals surface area contributed by atoms with Gasteiger partial charge in [-0.15, -0.1) is 0 Å². The monoisotopic (exact) mass is 281 g/mol. The zero-order chi connectivity index (χ0) is 14.7. The third kappa shape index (κ3) is 3.13. The third-order valence-corrected chi connectivity index (χ3v) is 4.17. The summed E-state index contributed by atoms with van der Waals surface area (Å²) in [5, 5.41) is 3.16. The van der Waals surface area contributed by atoms with Gasteiger partial charge in [0.25, 0.3) is 0 Å². The molecule has 0 saturated carbocycles. The molecule has 21 heavy (non-hydrogen) atoms. The van der Waals surface area contributed by atoms with Crippen LogP contribution in [-0.2, 0) is 0 Å². The number of rotatable bonds is 3. The highest BCUT2D eigenvalue weighted by atomic mass is 15.3. The molecule has 1 saturated heterocycles. The lowest BCUT2D eigenvalue weighted by molar-refractivity contribution is 0.653. The lowest BCUT2D eigenvalue weighted by atomic mass is 10.2. The molecule has 0 bridgehead atoms. The molecule has 1 aliphatic heterocycles. The summed E-state index contributed by atoms with van der Waals surface area (Å²) in [4.78, 5) is 4.94. The third-order valence-electron chi connectivity index (χ3n) is 4.17. The molecule has 0 atom stereocenters. The zero-order valence-corrected chi connectivity index (χ0v) is 12.8. The summed E-state index contributed by atoms with van der Waals surface area (Å²) in [5.74, 6) is 0. The summed E-state index contributed by atoms with van der Waals surface area (Å²) in [6.45, 7) is 6.47. The van der Waals surface area contributed by atoms with Gasteiger partial charge >= 0.3 is 0 Å². The molecule has 0 aromatic heterocycles. The molecule has 2 aromatic rings. The fourth-order valence-corrected chi connectivity index (χ4v) is 2.89. The van der Waals surface area contributed by atoms with Crippen molar-refractivity contribution in [1.29, 1.82) is 0 Å². The average Bonchev–Trinajstić information content (AvgIpc) is 2.55. The highest BCUT2D eigenvalue weighted by Gasteiger charge is 2.17. The largest absolute Gasteiger partial charge is 0.388 e. The van der Waals surface area contributed by atoms with Crippen molar-refractivity contribution in [3.05, 3.63) is 54.1 Å². The van der Waals surface area contributed by atoms with Crippen molar-refractivity contribution < 1.29 is 0 Å². The summed E-state index contributed by atoms with van der Waals surface area (Å²) in [6, 6.07) is 17.5. The van der Waals surface area contributed by atoms with E-state index in [0.29, 0.717) is 0 Å². The van der Waals surface area contributed by atoms with Gasteiger partial charge in [-0.3, -0.25) is 0 Å². The maximum absolute atomic E-state index is 3.16. The topological polar surface area (TPSA) is 18.5 Å². The van der Waals surface area contributed by atoms with E-state index in [9.17, 15) is 0 Å². The number of anilines is 3. The molecular weight excluding hydrogens is 258 g/mol. The average molecular weight is 281 g/mol. The van der Waals surface area contributed by atoms with Crippen LogP contribution in [0.2, 0.25) is 0 Å². The van der Waals surface area contributed by atoms with Gasteiger partial charge in [0.1, 0.15) is 0 Å². The van der Waals surface area contributed by atoms with Gasteiger partial charge in [-0.2, -0.15) is 0 Å². The molecule has 1 heterocycles. The van der Waals surface area contributed by atoms with E-state index in [4.69, 9.17) is 0 Å². The molecule has 0 unspecified atom stereocenters. The van der Waals surface area contributed by atoms with Gasteiger partial charge in [0.2, 0.25) is 0 Å². The first kappa shape index (κ1) is 13.8. The number of aryl methyl sites for hydroxylation is 1. The van der Waals surface area contributed by atoms with Crippen LogP contribution in [0.15, 0.2) is 48.5 Å². The number of benzene rings is 2. The molecule has 1 N–H and O–H groups in total. The summed E-state index contributed by atoms with van der Waals surface area (Å²) < 4.78 is 0. The van der Waals surface area contributed by atoms with Crippen molar-refractivity contribution in [2.75, 3.05) is 48.3 Å². The van der Waals surface area contributed by atoms with Crippen LogP contribution < -0.4 is 15.1 Å². The number of piperazine rings is 1. The smallest absolute Gasteiger partial charge is 0.0370 e. The Morgan fingerprint density at radius 2 is 1.43 bits per heavy atom. The standard InChI is InChI=1S/C18H23N3/c1-15-4-3-5-18(14-15)21-12-10-20(11-13-21)17-8-6-16(19-2)7-9-17/h3-9,14,19H,10-13H2,1-2H3. The van der Waals surface area contributed by atoms with Gasteiger partial charge in [0, 0.05) is 50.3 Å². The van der Waals surface area contributed by atoms with E-state index >= 15 is 0 Å². The lowest BCUT2D eigenvalue weighted by Gasteiger charge is -2.37. The van der Waals surface area contributed by atoms with Crippen LogP contribution in [0.4, 0.5) is 17.1 Å². The minimum Gasteiger partial charge on any atom is -0.388 e. The number of hydrogen-bond donors (Lipinski definition) is 1. The van der Waals surface area contributed by atoms with E-state index in [1.165, 1.54) is 16.9 Å². The van der Waals surface area contributed by atoms with Gasteiger partial charge in [0.05, 0.1) is 0 Å². The summed E-state index contributed by atoms with van der Waals surface area (Å²) in [5.41, 5.74) is 5.16. The van der Waals surface area contributed by atoms with Crippen molar-refractivity contribution in [2.24, 2.45) is 0 Å². The Morgan fingerprint density at radius 3 is 2.00 bits per heavy atom. The first-order valence-corrected chi connectivity index (χ1v) is 7.60. The second kappa shape index (κ2) is 6.08. The van der Waals surface area contributed by atoms with Crippen molar-refractivity contribution in [2.45, 2.75) is 6.92 Å². The van der Waals surface area contributed by atoms with Crippen molar-refractivity contribution >= 4 is 17.1 Å². The Kier molecular flexibility index (Phi) is 4.00. The molecule has 0 radical (unpaired) electrons. The van der Waals surface area contributed by atoms with Crippen molar-refractivity contribution in [3.63, 3.8) is 0 Å². The summed E-state index contributed by atoms with van der Waals surface area (Å²) in [6.07, 6.45) is 0. The summed E-state index contributed by atoms with van der Waals surface area (Å²) >= 11 is 0. The second-order valence-corrected chi connectivity index (χ2v) is 5.61. The quantitative estimate of drug-likeness (QED) is 0.930. The molecule has 1 fully saturated rings. The Hall–Kier alpha value is -2.16. The van der Waals surface area contributed by atoms with E-state index < -0.39 is 0 Å². The van der Waals surface area contributed by atoms with Gasteiger partial charge in [-0.05, 0) is 48.9 Å². The Morgan fingerprint density at radius 1 is 0.810 bits per heavy atom. The Labute approximate surface area is 127 Å². The fraction of sp³-hybridized carbons (Fsp3) is 0.333. The SMILES string of the molecule is CNc1ccc(N2CCN(c3cccc(C)c3)CC2)cc1. The molecule has 0 spiro atoms. The van der Waals surface area contributed by atoms with E-state index in [-0.39, 0.29) is 0 Å². The maximum atomic E-state index is 3.16. The van der Waals surface area contributed by atoms with Gasteiger partial charge in [-0.25, -0.2) is 0 Å². The molecule has 3 heteroatoms. The first-order valence-electron chi connectivity index (χ1n) is 7.60. The second-order valence-electron chi connectivity index (χ2n) is 5.61. The minimum atomic E-state index is 1.08. The maximum Gasteiger partial charge on any atom is 0.0370 e. The number of nitrogens with one attached hydrogen (secondary N) is 1. The molecule has 3 rings (SSSR count). The molecule has 3 nitrogen and oxygen atoms in total. The number of nitrogens with zero attached hydrogens (tertiary/aromatic N) is 2. The van der Waals surface area contributed by atoms with E-state index in [0.717, 1.165) is 31.9 Å². The molecule has 0 amide bonds. The molecule has 0 aliphatic carbocycles. The van der Waals surface area contributed by atoms with E-state index in [1.54, 1.807) is 0 Å². The van der Waals surface area contributed by atoms with Crippen LogP contribution in [0, 0.1) is 6.92 Å². The normalized spacial score (nSPS) is 15.1. The van der Waals surface area contributed by atoms with Crippen LogP contribution in [0.3, 0.4) is 0 Å². The highest BCUT2D eigenvalue weighted by Crippen LogP contribution is 2.22. The molecule has 1 aliphatic rings. The summed E-state index contributed by atoms with van der Waals surface area (Å²) in [7, 11) is 1.95. The first-order chi connectivity index (χ1) is 10.3. The van der Waals surface area contributed by atoms with Gasteiger partial charge in [-0.1, -0.05) is 12.1 Å². The van der Waals surface area contributed by atoms with Crippen LogP contribution >= 0.6 is 0 Å². The Bertz CT molecular complexity index is 584.